The van der Waals surface area contributed by atoms with Crippen LogP contribution in [0.5, 0.6) is 0 Å². The summed E-state index contributed by atoms with van der Waals surface area (Å²) in [5, 5.41) is 0.698. The first-order valence-corrected chi connectivity index (χ1v) is 13.9. The van der Waals surface area contributed by atoms with Crippen LogP contribution < -0.4 is 4.72 Å². The fourth-order valence-electron chi connectivity index (χ4n) is 4.76. The molecule has 1 fully saturated rings. The van der Waals surface area contributed by atoms with Crippen molar-refractivity contribution >= 4 is 33.7 Å². The van der Waals surface area contributed by atoms with Crippen LogP contribution in [0.3, 0.4) is 0 Å². The second-order valence-corrected chi connectivity index (χ2v) is 10.7. The van der Waals surface area contributed by atoms with E-state index in [0.29, 0.717) is 17.0 Å². The highest BCUT2D eigenvalue weighted by Gasteiger charge is 2.38. The monoisotopic (exact) mass is 606 g/mol. The van der Waals surface area contributed by atoms with Crippen LogP contribution in [-0.2, 0) is 20.5 Å². The molecule has 14 heteroatoms. The van der Waals surface area contributed by atoms with Crippen LogP contribution in [0.1, 0.15) is 16.8 Å². The summed E-state index contributed by atoms with van der Waals surface area (Å²) >= 11 is 0. The summed E-state index contributed by atoms with van der Waals surface area (Å²) in [6.07, 6.45) is -3.09. The lowest BCUT2D eigenvalue weighted by Crippen LogP contribution is -2.51. The van der Waals surface area contributed by atoms with E-state index in [1.54, 1.807) is 30.3 Å². The van der Waals surface area contributed by atoms with Crippen LogP contribution in [0.4, 0.5) is 22.0 Å². The van der Waals surface area contributed by atoms with E-state index in [9.17, 15) is 35.8 Å². The lowest BCUT2D eigenvalue weighted by Gasteiger charge is -2.36. The number of fused-ring (bicyclic) bond motifs is 1. The quantitative estimate of drug-likeness (QED) is 0.425. The van der Waals surface area contributed by atoms with E-state index in [4.69, 9.17) is 0 Å². The van der Waals surface area contributed by atoms with Gasteiger partial charge in [-0.2, -0.15) is 0 Å². The van der Waals surface area contributed by atoms with Gasteiger partial charge in [0.05, 0.1) is 16.1 Å². The molecule has 8 nitrogen and oxygen atoms in total. The molecule has 5 rings (SSSR count). The second kappa shape index (κ2) is 12.0. The zero-order chi connectivity index (χ0) is 30.0. The van der Waals surface area contributed by atoms with Crippen molar-refractivity contribution in [2.75, 3.05) is 26.2 Å². The normalized spacial score (nSPS) is 18.4. The largest absolute Gasteiger partial charge is 0.523 e. The number of alkyl halides is 3. The fraction of sp³-hybridized carbons (Fsp3) is 0.250. The van der Waals surface area contributed by atoms with E-state index in [-0.39, 0.29) is 47.9 Å². The predicted octanol–water partition coefficient (Wildman–Crippen LogP) is 4.23. The number of ether oxygens (including phenoxy) is 1. The number of nitrogens with one attached hydrogen (secondary N) is 1. The van der Waals surface area contributed by atoms with Crippen LogP contribution in [0, 0.1) is 11.6 Å². The first-order chi connectivity index (χ1) is 20.0. The summed E-state index contributed by atoms with van der Waals surface area (Å²) in [5.74, 6) is -2.95. The average Bonchev–Trinajstić information content (AvgIpc) is 2.95. The molecular formula is C28H23F5N4O4S. The van der Waals surface area contributed by atoms with Crippen LogP contribution in [0.25, 0.3) is 10.9 Å². The van der Waals surface area contributed by atoms with Gasteiger partial charge >= 0.3 is 6.36 Å². The minimum absolute atomic E-state index is 0.0272. The number of hydrogen-bond donors (Lipinski definition) is 1. The van der Waals surface area contributed by atoms with Gasteiger partial charge in [-0.3, -0.25) is 19.3 Å². The van der Waals surface area contributed by atoms with Crippen LogP contribution in [0.2, 0.25) is 0 Å². The number of benzene rings is 2. The van der Waals surface area contributed by atoms with Crippen molar-refractivity contribution in [3.05, 3.63) is 95.3 Å². The Hall–Kier alpha value is -4.17. The molecule has 1 aliphatic carbocycles. The molecule has 2 aromatic carbocycles. The number of piperazine rings is 1. The van der Waals surface area contributed by atoms with Crippen molar-refractivity contribution < 1.29 is 40.5 Å². The van der Waals surface area contributed by atoms with Gasteiger partial charge in [0.25, 0.3) is 5.91 Å². The lowest BCUT2D eigenvalue weighted by molar-refractivity contribution is -0.337. The number of carbonyl (C=O) groups is 2. The lowest BCUT2D eigenvalue weighted by atomic mass is 9.98. The minimum atomic E-state index is -5.04. The van der Waals surface area contributed by atoms with Gasteiger partial charge in [-0.15, -0.1) is 13.2 Å². The van der Waals surface area contributed by atoms with E-state index >= 15 is 0 Å². The average molecular weight is 607 g/mol. The summed E-state index contributed by atoms with van der Waals surface area (Å²) in [5.41, 5.74) is 0.144. The van der Waals surface area contributed by atoms with Crippen molar-refractivity contribution in [1.29, 1.82) is 0 Å². The Bertz CT molecular complexity index is 1590. The number of pyridine rings is 1. The maximum absolute atomic E-state index is 13.5. The Morgan fingerprint density at radius 1 is 0.929 bits per heavy atom. The molecule has 1 aromatic heterocycles. The highest BCUT2D eigenvalue weighted by atomic mass is 32.2. The maximum Gasteiger partial charge on any atom is 0.523 e. The van der Waals surface area contributed by atoms with E-state index in [2.05, 4.69) is 14.4 Å². The van der Waals surface area contributed by atoms with E-state index in [0.717, 1.165) is 12.1 Å². The van der Waals surface area contributed by atoms with E-state index in [1.807, 2.05) is 0 Å². The molecule has 1 aliphatic heterocycles. The molecule has 220 valence electrons. The summed E-state index contributed by atoms with van der Waals surface area (Å²) in [4.78, 5) is 33.1. The SMILES string of the molecule is O=C(C1=CC=C(NS(=O)c2cccc3cccnc23)C(OC(F)(F)F)C1)N1CCN(C(=O)c2cc(F)cc(F)c2)CC1. The number of allylic oxidation sites excluding steroid dienone is 2. The summed E-state index contributed by atoms with van der Waals surface area (Å²) in [6, 6.07) is 10.9. The molecular weight excluding hydrogens is 583 g/mol. The summed E-state index contributed by atoms with van der Waals surface area (Å²) in [7, 11) is -2.00. The number of aromatic nitrogens is 1. The molecule has 42 heavy (non-hydrogen) atoms. The number of halogens is 5. The molecule has 2 amide bonds. The van der Waals surface area contributed by atoms with Crippen molar-refractivity contribution in [2.24, 2.45) is 0 Å². The molecule has 0 saturated carbocycles. The van der Waals surface area contributed by atoms with Gasteiger partial charge in [0, 0.05) is 61.4 Å². The number of amides is 2. The number of nitrogens with zero attached hydrogens (tertiary/aromatic N) is 3. The number of para-hydroxylation sites is 1. The van der Waals surface area contributed by atoms with E-state index < -0.39 is 53.3 Å². The van der Waals surface area contributed by atoms with Crippen molar-refractivity contribution in [3.63, 3.8) is 0 Å². The molecule has 2 aliphatic rings. The van der Waals surface area contributed by atoms with Crippen LogP contribution in [-0.4, -0.2) is 69.5 Å². The topological polar surface area (TPSA) is 91.8 Å². The van der Waals surface area contributed by atoms with Gasteiger partial charge in [-0.05, 0) is 30.3 Å². The van der Waals surface area contributed by atoms with Crippen molar-refractivity contribution in [1.82, 2.24) is 19.5 Å². The standard InChI is InChI=1S/C28H23F5N4O4S/c29-20-13-19(14-21(30)16-20)27(39)37-11-9-36(10-12-37)26(38)18-6-7-22(23(15-18)41-28(31,32)33)35-42(40)24-5-1-3-17-4-2-8-34-25(17)24/h1-8,13-14,16,23,35H,9-12,15H2. The Morgan fingerprint density at radius 2 is 1.57 bits per heavy atom. The summed E-state index contributed by atoms with van der Waals surface area (Å²) in [6.45, 7) is 0.215. The Labute approximate surface area is 239 Å². The molecule has 2 heterocycles. The molecule has 2 atom stereocenters. The zero-order valence-corrected chi connectivity index (χ0v) is 22.6. The Morgan fingerprint density at radius 3 is 2.24 bits per heavy atom. The first-order valence-electron chi connectivity index (χ1n) is 12.7. The van der Waals surface area contributed by atoms with Gasteiger partial charge in [-0.1, -0.05) is 24.3 Å². The van der Waals surface area contributed by atoms with Crippen LogP contribution >= 0.6 is 0 Å². The molecule has 0 bridgehead atoms. The molecule has 0 radical (unpaired) electrons. The third-order valence-corrected chi connectivity index (χ3v) is 7.89. The molecule has 1 N–H and O–H groups in total. The number of carbonyl (C=O) groups excluding carboxylic acids is 2. The third kappa shape index (κ3) is 6.65. The van der Waals surface area contributed by atoms with E-state index in [1.165, 1.54) is 28.1 Å². The van der Waals surface area contributed by atoms with Crippen molar-refractivity contribution in [3.8, 4) is 0 Å². The Balaban J connectivity index is 1.29. The first kappa shape index (κ1) is 29.3. The van der Waals surface area contributed by atoms with Gasteiger partial charge in [0.1, 0.15) is 17.7 Å². The molecule has 3 aromatic rings. The fourth-order valence-corrected chi connectivity index (χ4v) is 5.84. The highest BCUT2D eigenvalue weighted by molar-refractivity contribution is 7.83. The zero-order valence-electron chi connectivity index (χ0n) is 21.7. The third-order valence-electron chi connectivity index (χ3n) is 6.74. The number of rotatable bonds is 6. The van der Waals surface area contributed by atoms with Gasteiger partial charge in [0.15, 0.2) is 11.0 Å². The number of hydrogen-bond acceptors (Lipinski definition) is 5. The van der Waals surface area contributed by atoms with Gasteiger partial charge in [0.2, 0.25) is 5.91 Å². The summed E-state index contributed by atoms with van der Waals surface area (Å²) < 4.78 is 87.0. The second-order valence-electron chi connectivity index (χ2n) is 9.51. The van der Waals surface area contributed by atoms with Crippen molar-refractivity contribution in [2.45, 2.75) is 23.8 Å². The Kier molecular flexibility index (Phi) is 8.36. The highest BCUT2D eigenvalue weighted by Crippen LogP contribution is 2.30. The van der Waals surface area contributed by atoms with Gasteiger partial charge < -0.3 is 14.5 Å². The molecule has 2 unspecified atom stereocenters. The predicted molar refractivity (Wildman–Crippen MR) is 142 cm³/mol. The molecule has 1 saturated heterocycles. The van der Waals surface area contributed by atoms with Crippen LogP contribution in [0.15, 0.2) is 83.0 Å². The smallest absolute Gasteiger partial charge is 0.335 e. The van der Waals surface area contributed by atoms with Gasteiger partial charge in [-0.25, -0.2) is 13.0 Å². The minimum Gasteiger partial charge on any atom is -0.335 e. The molecule has 0 spiro atoms. The maximum atomic E-state index is 13.5.